The minimum Gasteiger partial charge on any atom is -0.493 e. The Labute approximate surface area is 207 Å². The molecule has 188 valence electrons. The van der Waals surface area contributed by atoms with E-state index in [-0.39, 0.29) is 28.1 Å². The molecule has 2 heterocycles. The molecule has 1 fully saturated rings. The number of Topliss-reactive ketones (excluding diaryl/α,β-unsaturated/α-hetero) is 2. The molecule has 2 aromatic rings. The number of hydrogen-bond acceptors (Lipinski definition) is 6. The number of anilines is 1. The molecule has 0 N–H and O–H groups in total. The summed E-state index contributed by atoms with van der Waals surface area (Å²) in [6.07, 6.45) is 3.83. The fourth-order valence-electron chi connectivity index (χ4n) is 4.86. The van der Waals surface area contributed by atoms with Gasteiger partial charge in [0, 0.05) is 24.8 Å². The zero-order valence-electron chi connectivity index (χ0n) is 20.6. The van der Waals surface area contributed by atoms with Crippen molar-refractivity contribution in [2.45, 2.75) is 63.8 Å². The van der Waals surface area contributed by atoms with Gasteiger partial charge in [-0.2, -0.15) is 0 Å². The van der Waals surface area contributed by atoms with E-state index in [4.69, 9.17) is 9.47 Å². The minimum absolute atomic E-state index is 0.0535. The molecule has 2 aliphatic heterocycles. The standard InChI is InChI=1S/C27H33NO6S/c1-4-23-7-5-22-15-21(18(2)29)6-9-26(22)28(23)35(31,32)24-8-10-27(25(16-24)19(3)30)34-17-20-11-13-33-14-12-20/h6,8-10,15-16,20,23H,4-5,7,11-14,17H2,1-3H3/t23-/m1/s1. The van der Waals surface area contributed by atoms with E-state index < -0.39 is 10.0 Å². The number of hydrogen-bond donors (Lipinski definition) is 0. The van der Waals surface area contributed by atoms with Gasteiger partial charge < -0.3 is 9.47 Å². The average Bonchev–Trinajstić information content (AvgIpc) is 2.86. The summed E-state index contributed by atoms with van der Waals surface area (Å²) in [5.41, 5.74) is 2.27. The summed E-state index contributed by atoms with van der Waals surface area (Å²) in [4.78, 5) is 24.4. The molecule has 0 aliphatic carbocycles. The summed E-state index contributed by atoms with van der Waals surface area (Å²) in [7, 11) is -3.95. The monoisotopic (exact) mass is 499 g/mol. The molecule has 0 amide bonds. The molecular weight excluding hydrogens is 466 g/mol. The van der Waals surface area contributed by atoms with E-state index in [1.807, 2.05) is 6.92 Å². The molecular formula is C27H33NO6S. The molecule has 0 saturated carbocycles. The largest absolute Gasteiger partial charge is 0.493 e. The molecule has 4 rings (SSSR count). The topological polar surface area (TPSA) is 90.0 Å². The van der Waals surface area contributed by atoms with Gasteiger partial charge in [0.1, 0.15) is 5.75 Å². The lowest BCUT2D eigenvalue weighted by Gasteiger charge is -2.37. The van der Waals surface area contributed by atoms with Crippen LogP contribution in [0.25, 0.3) is 0 Å². The van der Waals surface area contributed by atoms with E-state index in [1.54, 1.807) is 24.3 Å². The van der Waals surface area contributed by atoms with Gasteiger partial charge >= 0.3 is 0 Å². The normalized spacial score (nSPS) is 18.7. The molecule has 0 radical (unpaired) electrons. The van der Waals surface area contributed by atoms with Crippen LogP contribution in [0.3, 0.4) is 0 Å². The zero-order chi connectivity index (χ0) is 25.2. The first-order chi connectivity index (χ1) is 16.7. The lowest BCUT2D eigenvalue weighted by atomic mass is 9.94. The highest BCUT2D eigenvalue weighted by molar-refractivity contribution is 7.92. The lowest BCUT2D eigenvalue weighted by molar-refractivity contribution is 0.0495. The molecule has 0 aromatic heterocycles. The summed E-state index contributed by atoms with van der Waals surface area (Å²) in [5.74, 6) is 0.450. The van der Waals surface area contributed by atoms with Crippen molar-refractivity contribution < 1.29 is 27.5 Å². The first-order valence-electron chi connectivity index (χ1n) is 12.3. The van der Waals surface area contributed by atoms with Crippen molar-refractivity contribution in [2.24, 2.45) is 5.92 Å². The Bertz CT molecular complexity index is 1220. The lowest BCUT2D eigenvalue weighted by Crippen LogP contribution is -2.43. The second-order valence-electron chi connectivity index (χ2n) is 9.38. The Kier molecular flexibility index (Phi) is 7.62. The van der Waals surface area contributed by atoms with Crippen LogP contribution in [0.5, 0.6) is 5.75 Å². The van der Waals surface area contributed by atoms with Crippen LogP contribution < -0.4 is 9.04 Å². The maximum atomic E-state index is 13.9. The van der Waals surface area contributed by atoms with Crippen LogP contribution in [0.15, 0.2) is 41.3 Å². The third-order valence-electron chi connectivity index (χ3n) is 6.98. The van der Waals surface area contributed by atoms with E-state index in [1.165, 1.54) is 30.3 Å². The van der Waals surface area contributed by atoms with Crippen molar-refractivity contribution in [3.8, 4) is 5.75 Å². The molecule has 2 aliphatic rings. The van der Waals surface area contributed by atoms with Crippen LogP contribution in [-0.2, 0) is 21.2 Å². The van der Waals surface area contributed by atoms with E-state index in [0.717, 1.165) is 18.4 Å². The SMILES string of the molecule is CC[C@@H]1CCc2cc(C(C)=O)ccc2N1S(=O)(=O)c1ccc(OCC2CCOCC2)c(C(C)=O)c1. The van der Waals surface area contributed by atoms with Crippen molar-refractivity contribution >= 4 is 27.3 Å². The second kappa shape index (κ2) is 10.5. The van der Waals surface area contributed by atoms with Gasteiger partial charge in [-0.1, -0.05) is 6.92 Å². The molecule has 8 heteroatoms. The van der Waals surface area contributed by atoms with Crippen LogP contribution >= 0.6 is 0 Å². The molecule has 0 spiro atoms. The molecule has 1 saturated heterocycles. The predicted octanol–water partition coefficient (Wildman–Crippen LogP) is 4.82. The molecule has 7 nitrogen and oxygen atoms in total. The first kappa shape index (κ1) is 25.4. The number of carbonyl (C=O) groups is 2. The number of carbonyl (C=O) groups excluding carboxylic acids is 2. The zero-order valence-corrected chi connectivity index (χ0v) is 21.4. The Morgan fingerprint density at radius 1 is 1.03 bits per heavy atom. The van der Waals surface area contributed by atoms with Gasteiger partial charge in [0.05, 0.1) is 22.8 Å². The number of nitrogens with zero attached hydrogens (tertiary/aromatic N) is 1. The Morgan fingerprint density at radius 3 is 2.43 bits per heavy atom. The highest BCUT2D eigenvalue weighted by Crippen LogP contribution is 2.38. The van der Waals surface area contributed by atoms with Gasteiger partial charge in [0.2, 0.25) is 0 Å². The van der Waals surface area contributed by atoms with Crippen molar-refractivity contribution in [2.75, 3.05) is 24.1 Å². The fourth-order valence-corrected chi connectivity index (χ4v) is 6.67. The Balaban J connectivity index is 1.68. The predicted molar refractivity (Wildman–Crippen MR) is 134 cm³/mol. The highest BCUT2D eigenvalue weighted by atomic mass is 32.2. The fraction of sp³-hybridized carbons (Fsp3) is 0.481. The van der Waals surface area contributed by atoms with Crippen LogP contribution in [-0.4, -0.2) is 45.8 Å². The molecule has 0 bridgehead atoms. The number of benzene rings is 2. The summed E-state index contributed by atoms with van der Waals surface area (Å²) in [6.45, 7) is 6.76. The van der Waals surface area contributed by atoms with Gasteiger partial charge in [0.15, 0.2) is 11.6 Å². The Hall–Kier alpha value is -2.71. The number of ether oxygens (including phenoxy) is 2. The molecule has 35 heavy (non-hydrogen) atoms. The highest BCUT2D eigenvalue weighted by Gasteiger charge is 2.36. The van der Waals surface area contributed by atoms with Crippen LogP contribution in [0.1, 0.15) is 72.7 Å². The number of rotatable bonds is 8. The smallest absolute Gasteiger partial charge is 0.264 e. The van der Waals surface area contributed by atoms with Crippen molar-refractivity contribution in [1.29, 1.82) is 0 Å². The van der Waals surface area contributed by atoms with Crippen molar-refractivity contribution in [1.82, 2.24) is 0 Å². The number of aryl methyl sites for hydroxylation is 1. The maximum absolute atomic E-state index is 13.9. The molecule has 1 atom stereocenters. The van der Waals surface area contributed by atoms with Crippen LogP contribution in [0.2, 0.25) is 0 Å². The minimum atomic E-state index is -3.95. The van der Waals surface area contributed by atoms with Gasteiger partial charge in [-0.25, -0.2) is 8.42 Å². The quantitative estimate of drug-likeness (QED) is 0.484. The molecule has 2 aromatic carbocycles. The number of sulfonamides is 1. The van der Waals surface area contributed by atoms with Crippen LogP contribution in [0.4, 0.5) is 5.69 Å². The summed E-state index contributed by atoms with van der Waals surface area (Å²) in [6, 6.07) is 9.53. The summed E-state index contributed by atoms with van der Waals surface area (Å²) < 4.78 is 40.7. The van der Waals surface area contributed by atoms with Gasteiger partial charge in [-0.05, 0) is 93.8 Å². The van der Waals surface area contributed by atoms with Gasteiger partial charge in [0.25, 0.3) is 10.0 Å². The van der Waals surface area contributed by atoms with Crippen LogP contribution in [0, 0.1) is 5.92 Å². The van der Waals surface area contributed by atoms with Crippen molar-refractivity contribution in [3.63, 3.8) is 0 Å². The van der Waals surface area contributed by atoms with E-state index >= 15 is 0 Å². The first-order valence-corrected chi connectivity index (χ1v) is 13.7. The van der Waals surface area contributed by atoms with Gasteiger partial charge in [-0.15, -0.1) is 0 Å². The van der Waals surface area contributed by atoms with Crippen molar-refractivity contribution in [3.05, 3.63) is 53.1 Å². The third kappa shape index (κ3) is 5.28. The number of fused-ring (bicyclic) bond motifs is 1. The van der Waals surface area contributed by atoms with Gasteiger partial charge in [-0.3, -0.25) is 13.9 Å². The maximum Gasteiger partial charge on any atom is 0.264 e. The summed E-state index contributed by atoms with van der Waals surface area (Å²) in [5, 5.41) is 0. The van der Waals surface area contributed by atoms with E-state index in [9.17, 15) is 18.0 Å². The summed E-state index contributed by atoms with van der Waals surface area (Å²) >= 11 is 0. The molecule has 0 unspecified atom stereocenters. The Morgan fingerprint density at radius 2 is 1.77 bits per heavy atom. The van der Waals surface area contributed by atoms with E-state index in [0.29, 0.717) is 62.0 Å². The third-order valence-corrected chi connectivity index (χ3v) is 8.84. The number of ketones is 2. The van der Waals surface area contributed by atoms with E-state index in [2.05, 4.69) is 0 Å². The second-order valence-corrected chi connectivity index (χ2v) is 11.2. The average molecular weight is 500 g/mol.